The van der Waals surface area contributed by atoms with E-state index in [1.807, 2.05) is 12.1 Å². The third kappa shape index (κ3) is 4.24. The van der Waals surface area contributed by atoms with Crippen LogP contribution < -0.4 is 5.73 Å². The van der Waals surface area contributed by atoms with Gasteiger partial charge >= 0.3 is 0 Å². The third-order valence-corrected chi connectivity index (χ3v) is 4.80. The third-order valence-electron chi connectivity index (χ3n) is 4.80. The number of benzene rings is 1. The molecule has 0 aliphatic carbocycles. The molecular weight excluding hydrogens is 244 g/mol. The summed E-state index contributed by atoms with van der Waals surface area (Å²) in [7, 11) is 0. The van der Waals surface area contributed by atoms with E-state index in [0.29, 0.717) is 5.41 Å². The number of nitrogen functional groups attached to an aromatic ring is 1. The molecule has 1 atom stereocenters. The highest BCUT2D eigenvalue weighted by atomic mass is 15.1. The first-order valence-corrected chi connectivity index (χ1v) is 8.02. The van der Waals surface area contributed by atoms with Crippen LogP contribution in [0.4, 0.5) is 5.69 Å². The molecule has 0 bridgehead atoms. The summed E-state index contributed by atoms with van der Waals surface area (Å²) in [5.74, 6) is 0.870. The summed E-state index contributed by atoms with van der Waals surface area (Å²) >= 11 is 0. The minimum absolute atomic E-state index is 0.458. The molecule has 2 N–H and O–H groups in total. The van der Waals surface area contributed by atoms with Gasteiger partial charge in [0.05, 0.1) is 0 Å². The number of hydrogen-bond acceptors (Lipinski definition) is 2. The molecule has 20 heavy (non-hydrogen) atoms. The fourth-order valence-corrected chi connectivity index (χ4v) is 3.29. The topological polar surface area (TPSA) is 29.3 Å². The minimum Gasteiger partial charge on any atom is -0.399 e. The van der Waals surface area contributed by atoms with Crippen molar-refractivity contribution < 1.29 is 0 Å². The average Bonchev–Trinajstić information content (AvgIpc) is 2.63. The lowest BCUT2D eigenvalue weighted by molar-refractivity contribution is 0.208. The van der Waals surface area contributed by atoms with Crippen molar-refractivity contribution in [2.45, 2.75) is 46.5 Å². The largest absolute Gasteiger partial charge is 0.399 e. The van der Waals surface area contributed by atoms with Crippen LogP contribution in [0.1, 0.15) is 45.6 Å². The van der Waals surface area contributed by atoms with Crippen LogP contribution in [0, 0.1) is 11.3 Å². The van der Waals surface area contributed by atoms with Crippen LogP contribution in [0.2, 0.25) is 0 Å². The number of hydrogen-bond donors (Lipinski definition) is 1. The van der Waals surface area contributed by atoms with Gasteiger partial charge < -0.3 is 10.6 Å². The molecule has 1 heterocycles. The van der Waals surface area contributed by atoms with E-state index in [2.05, 4.69) is 37.8 Å². The fourth-order valence-electron chi connectivity index (χ4n) is 3.29. The number of nitrogens with zero attached hydrogens (tertiary/aromatic N) is 1. The van der Waals surface area contributed by atoms with Crippen LogP contribution in [0.15, 0.2) is 24.3 Å². The number of nitrogens with two attached hydrogens (primary N) is 1. The maximum atomic E-state index is 6.03. The molecule has 0 saturated carbocycles. The molecule has 2 heteroatoms. The molecular formula is C18H30N2. The number of anilines is 1. The van der Waals surface area contributed by atoms with Gasteiger partial charge in [-0.25, -0.2) is 0 Å². The van der Waals surface area contributed by atoms with E-state index in [-0.39, 0.29) is 0 Å². The normalized spacial score (nSPS) is 21.6. The van der Waals surface area contributed by atoms with E-state index in [1.165, 1.54) is 37.9 Å². The Bertz CT molecular complexity index is 420. The summed E-state index contributed by atoms with van der Waals surface area (Å²) in [5.41, 5.74) is 8.72. The van der Waals surface area contributed by atoms with Crippen LogP contribution in [0.25, 0.3) is 0 Å². The summed E-state index contributed by atoms with van der Waals surface area (Å²) in [5, 5.41) is 0. The van der Waals surface area contributed by atoms with Crippen LogP contribution >= 0.6 is 0 Å². The zero-order valence-corrected chi connectivity index (χ0v) is 13.4. The molecule has 2 rings (SSSR count). The molecule has 0 spiro atoms. The molecule has 1 saturated heterocycles. The van der Waals surface area contributed by atoms with Gasteiger partial charge in [-0.05, 0) is 61.7 Å². The number of likely N-dealkylation sites (tertiary alicyclic amines) is 1. The Balaban J connectivity index is 1.84. The first-order valence-electron chi connectivity index (χ1n) is 8.02. The molecule has 2 nitrogen and oxygen atoms in total. The maximum Gasteiger partial charge on any atom is 0.0347 e. The van der Waals surface area contributed by atoms with Gasteiger partial charge in [0.15, 0.2) is 0 Å². The van der Waals surface area contributed by atoms with Crippen LogP contribution in [0.3, 0.4) is 0 Å². The second kappa shape index (κ2) is 6.62. The van der Waals surface area contributed by atoms with Crippen molar-refractivity contribution in [2.24, 2.45) is 11.3 Å². The van der Waals surface area contributed by atoms with Crippen molar-refractivity contribution in [3.05, 3.63) is 29.8 Å². The molecule has 0 amide bonds. The van der Waals surface area contributed by atoms with E-state index in [1.54, 1.807) is 0 Å². The summed E-state index contributed by atoms with van der Waals surface area (Å²) in [4.78, 5) is 2.62. The summed E-state index contributed by atoms with van der Waals surface area (Å²) in [6.45, 7) is 10.8. The molecule has 1 unspecified atom stereocenters. The predicted octanol–water partition coefficient (Wildman–Crippen LogP) is 3.96. The van der Waals surface area contributed by atoms with Crippen LogP contribution in [0.5, 0.6) is 0 Å². The van der Waals surface area contributed by atoms with Crippen molar-refractivity contribution in [1.29, 1.82) is 0 Å². The Morgan fingerprint density at radius 1 is 1.15 bits per heavy atom. The molecule has 1 aromatic carbocycles. The van der Waals surface area contributed by atoms with Gasteiger partial charge in [-0.15, -0.1) is 0 Å². The van der Waals surface area contributed by atoms with E-state index in [4.69, 9.17) is 5.73 Å². The zero-order chi connectivity index (χ0) is 14.6. The van der Waals surface area contributed by atoms with Gasteiger partial charge in [0.25, 0.3) is 0 Å². The van der Waals surface area contributed by atoms with E-state index >= 15 is 0 Å². The van der Waals surface area contributed by atoms with Crippen LogP contribution in [-0.2, 0) is 6.42 Å². The van der Waals surface area contributed by atoms with E-state index in [9.17, 15) is 0 Å². The predicted molar refractivity (Wildman–Crippen MR) is 87.8 cm³/mol. The summed E-state index contributed by atoms with van der Waals surface area (Å²) in [6, 6.07) is 8.26. The molecule has 1 fully saturated rings. The van der Waals surface area contributed by atoms with Crippen LogP contribution in [-0.4, -0.2) is 24.5 Å². The highest BCUT2D eigenvalue weighted by molar-refractivity contribution is 5.46. The second-order valence-corrected chi connectivity index (χ2v) is 7.28. The lowest BCUT2D eigenvalue weighted by atomic mass is 9.77. The van der Waals surface area contributed by atoms with Gasteiger partial charge in [-0.2, -0.15) is 0 Å². The van der Waals surface area contributed by atoms with E-state index < -0.39 is 0 Å². The van der Waals surface area contributed by atoms with Gasteiger partial charge in [0, 0.05) is 12.2 Å². The van der Waals surface area contributed by atoms with Gasteiger partial charge in [-0.3, -0.25) is 0 Å². The highest BCUT2D eigenvalue weighted by Gasteiger charge is 2.26. The number of para-hydroxylation sites is 1. The molecule has 1 aliphatic rings. The van der Waals surface area contributed by atoms with E-state index in [0.717, 1.165) is 24.6 Å². The lowest BCUT2D eigenvalue weighted by Gasteiger charge is -2.29. The summed E-state index contributed by atoms with van der Waals surface area (Å²) in [6.07, 6.45) is 5.14. The average molecular weight is 274 g/mol. The Hall–Kier alpha value is -1.02. The van der Waals surface area contributed by atoms with Crippen molar-refractivity contribution in [3.63, 3.8) is 0 Å². The standard InChI is InChI=1S/C18H30N2/c1-18(2,3)16-8-6-12-20(14-11-16)13-10-15-7-4-5-9-17(15)19/h4-5,7,9,16H,6,8,10-14,19H2,1-3H3. The Labute approximate surface area is 124 Å². The molecule has 0 radical (unpaired) electrons. The smallest absolute Gasteiger partial charge is 0.0347 e. The van der Waals surface area contributed by atoms with Crippen molar-refractivity contribution in [3.8, 4) is 0 Å². The Morgan fingerprint density at radius 2 is 1.90 bits per heavy atom. The quantitative estimate of drug-likeness (QED) is 0.845. The van der Waals surface area contributed by atoms with Gasteiger partial charge in [0.2, 0.25) is 0 Å². The van der Waals surface area contributed by atoms with Crippen molar-refractivity contribution in [1.82, 2.24) is 4.90 Å². The first-order chi connectivity index (χ1) is 9.47. The summed E-state index contributed by atoms with van der Waals surface area (Å²) < 4.78 is 0. The second-order valence-electron chi connectivity index (χ2n) is 7.28. The molecule has 112 valence electrons. The lowest BCUT2D eigenvalue weighted by Crippen LogP contribution is -2.28. The van der Waals surface area contributed by atoms with Crippen molar-refractivity contribution in [2.75, 3.05) is 25.4 Å². The molecule has 1 aromatic rings. The SMILES string of the molecule is CC(C)(C)C1CCCN(CCc2ccccc2N)CC1. The van der Waals surface area contributed by atoms with Crippen molar-refractivity contribution >= 4 is 5.69 Å². The molecule has 0 aromatic heterocycles. The Kier molecular flexibility index (Phi) is 5.09. The maximum absolute atomic E-state index is 6.03. The minimum atomic E-state index is 0.458. The monoisotopic (exact) mass is 274 g/mol. The van der Waals surface area contributed by atoms with Gasteiger partial charge in [-0.1, -0.05) is 39.0 Å². The first kappa shape index (κ1) is 15.4. The van der Waals surface area contributed by atoms with Gasteiger partial charge in [0.1, 0.15) is 0 Å². The number of rotatable bonds is 3. The molecule has 1 aliphatic heterocycles. The highest BCUT2D eigenvalue weighted by Crippen LogP contribution is 2.34. The Morgan fingerprint density at radius 3 is 2.60 bits per heavy atom. The fraction of sp³-hybridized carbons (Fsp3) is 0.667. The zero-order valence-electron chi connectivity index (χ0n) is 13.4.